The number of carbonyl (C=O) groups is 1. The Hall–Kier alpha value is -2.79. The van der Waals surface area contributed by atoms with Crippen LogP contribution < -0.4 is 15.5 Å². The van der Waals surface area contributed by atoms with Gasteiger partial charge in [-0.15, -0.1) is 0 Å². The number of aromatic amines is 1. The van der Waals surface area contributed by atoms with Crippen molar-refractivity contribution in [2.75, 3.05) is 36.4 Å². The van der Waals surface area contributed by atoms with Gasteiger partial charge in [0.15, 0.2) is 0 Å². The Morgan fingerprint density at radius 1 is 1.00 bits per heavy atom. The van der Waals surface area contributed by atoms with Crippen LogP contribution in [0.25, 0.3) is 10.9 Å². The number of carbonyl (C=O) groups excluding carboxylic acids is 1. The molecule has 3 aromatic rings. The summed E-state index contributed by atoms with van der Waals surface area (Å²) in [7, 11) is 0. The van der Waals surface area contributed by atoms with E-state index in [0.29, 0.717) is 13.0 Å². The number of nitrogens with one attached hydrogen (secondary N) is 3. The lowest BCUT2D eigenvalue weighted by atomic mass is 10.1. The number of benzene rings is 2. The summed E-state index contributed by atoms with van der Waals surface area (Å²) in [6.45, 7) is 3.81. The van der Waals surface area contributed by atoms with E-state index < -0.39 is 0 Å². The minimum atomic E-state index is 0.0496. The lowest BCUT2D eigenvalue weighted by Crippen LogP contribution is -2.23. The van der Waals surface area contributed by atoms with Crippen molar-refractivity contribution in [3.8, 4) is 0 Å². The third kappa shape index (κ3) is 4.54. The maximum absolute atomic E-state index is 12.2. The van der Waals surface area contributed by atoms with E-state index in [0.717, 1.165) is 31.7 Å². The Morgan fingerprint density at radius 3 is 2.61 bits per heavy atom. The molecule has 4 rings (SSSR count). The molecule has 2 heterocycles. The molecule has 5 heteroatoms. The van der Waals surface area contributed by atoms with Crippen molar-refractivity contribution in [1.29, 1.82) is 0 Å². The smallest absolute Gasteiger partial charge is 0.225 e. The molecule has 0 saturated carbocycles. The standard InChI is InChI=1S/C23H28N4O/c28-23(26-19-7-9-20(10-8-19)27-15-3-4-16-27)12-14-24-13-11-18-17-25-22-6-2-1-5-21(18)22/h1-2,5-10,17,24-25H,3-4,11-16H2,(H,26,28). The first-order valence-electron chi connectivity index (χ1n) is 10.2. The van der Waals surface area contributed by atoms with Crippen molar-refractivity contribution in [3.63, 3.8) is 0 Å². The average molecular weight is 377 g/mol. The van der Waals surface area contributed by atoms with Crippen LogP contribution in [0.3, 0.4) is 0 Å². The summed E-state index contributed by atoms with van der Waals surface area (Å²) >= 11 is 0. The lowest BCUT2D eigenvalue weighted by molar-refractivity contribution is -0.116. The van der Waals surface area contributed by atoms with Gasteiger partial charge in [0, 0.05) is 54.5 Å². The number of rotatable bonds is 8. The predicted molar refractivity (Wildman–Crippen MR) is 116 cm³/mol. The SMILES string of the molecule is O=C(CCNCCc1c[nH]c2ccccc12)Nc1ccc(N2CCCC2)cc1. The highest BCUT2D eigenvalue weighted by molar-refractivity contribution is 5.91. The number of hydrogen-bond acceptors (Lipinski definition) is 3. The largest absolute Gasteiger partial charge is 0.372 e. The Morgan fingerprint density at radius 2 is 1.79 bits per heavy atom. The zero-order chi connectivity index (χ0) is 19.2. The highest BCUT2D eigenvalue weighted by Gasteiger charge is 2.12. The molecule has 2 aromatic carbocycles. The van der Waals surface area contributed by atoms with Crippen LogP contribution in [0, 0.1) is 0 Å². The molecule has 0 radical (unpaired) electrons. The molecule has 0 unspecified atom stereocenters. The van der Waals surface area contributed by atoms with Gasteiger partial charge in [-0.2, -0.15) is 0 Å². The molecule has 1 saturated heterocycles. The Bertz CT molecular complexity index is 910. The van der Waals surface area contributed by atoms with Crippen LogP contribution in [0.1, 0.15) is 24.8 Å². The molecule has 0 atom stereocenters. The molecule has 0 bridgehead atoms. The number of aromatic nitrogens is 1. The number of H-pyrrole nitrogens is 1. The van der Waals surface area contributed by atoms with E-state index in [-0.39, 0.29) is 5.91 Å². The molecule has 1 aromatic heterocycles. The van der Waals surface area contributed by atoms with Gasteiger partial charge in [0.2, 0.25) is 5.91 Å². The van der Waals surface area contributed by atoms with Crippen LogP contribution >= 0.6 is 0 Å². The Labute approximate surface area is 166 Å². The second kappa shape index (κ2) is 8.93. The van der Waals surface area contributed by atoms with Crippen LogP contribution in [0.15, 0.2) is 54.7 Å². The minimum absolute atomic E-state index is 0.0496. The number of fused-ring (bicyclic) bond motifs is 1. The van der Waals surface area contributed by atoms with Crippen LogP contribution in [-0.4, -0.2) is 37.1 Å². The fourth-order valence-corrected chi connectivity index (χ4v) is 3.84. The van der Waals surface area contributed by atoms with Crippen molar-refractivity contribution < 1.29 is 4.79 Å². The Kier molecular flexibility index (Phi) is 5.92. The highest BCUT2D eigenvalue weighted by atomic mass is 16.1. The number of hydrogen-bond donors (Lipinski definition) is 3. The summed E-state index contributed by atoms with van der Waals surface area (Å²) in [6, 6.07) is 16.5. The minimum Gasteiger partial charge on any atom is -0.372 e. The normalized spacial score (nSPS) is 13.9. The van der Waals surface area contributed by atoms with E-state index in [2.05, 4.69) is 57.0 Å². The van der Waals surface area contributed by atoms with Crippen molar-refractivity contribution in [3.05, 3.63) is 60.3 Å². The summed E-state index contributed by atoms with van der Waals surface area (Å²) in [4.78, 5) is 17.8. The maximum Gasteiger partial charge on any atom is 0.225 e. The molecule has 0 aliphatic carbocycles. The topological polar surface area (TPSA) is 60.2 Å². The molecule has 1 aliphatic heterocycles. The molecule has 1 amide bonds. The molecular weight excluding hydrogens is 348 g/mol. The first kappa shape index (κ1) is 18.6. The number of amides is 1. The molecule has 1 fully saturated rings. The van der Waals surface area contributed by atoms with E-state index in [4.69, 9.17) is 0 Å². The van der Waals surface area contributed by atoms with Crippen LogP contribution in [-0.2, 0) is 11.2 Å². The van der Waals surface area contributed by atoms with Gasteiger partial charge in [0.05, 0.1) is 0 Å². The molecule has 5 nitrogen and oxygen atoms in total. The summed E-state index contributed by atoms with van der Waals surface area (Å²) < 4.78 is 0. The Balaban J connectivity index is 1.16. The highest BCUT2D eigenvalue weighted by Crippen LogP contribution is 2.22. The van der Waals surface area contributed by atoms with Crippen molar-refractivity contribution in [1.82, 2.24) is 10.3 Å². The van der Waals surface area contributed by atoms with Crippen molar-refractivity contribution >= 4 is 28.2 Å². The maximum atomic E-state index is 12.2. The van der Waals surface area contributed by atoms with E-state index in [1.807, 2.05) is 18.2 Å². The van der Waals surface area contributed by atoms with Crippen molar-refractivity contribution in [2.24, 2.45) is 0 Å². The summed E-state index contributed by atoms with van der Waals surface area (Å²) in [5.41, 5.74) is 4.60. The van der Waals surface area contributed by atoms with Gasteiger partial charge in [-0.25, -0.2) is 0 Å². The molecule has 0 spiro atoms. The van der Waals surface area contributed by atoms with Gasteiger partial charge in [-0.1, -0.05) is 18.2 Å². The molecule has 146 valence electrons. The first-order chi connectivity index (χ1) is 13.8. The third-order valence-electron chi connectivity index (χ3n) is 5.40. The zero-order valence-corrected chi connectivity index (χ0v) is 16.2. The van der Waals surface area contributed by atoms with Gasteiger partial charge in [-0.3, -0.25) is 4.79 Å². The van der Waals surface area contributed by atoms with Gasteiger partial charge >= 0.3 is 0 Å². The van der Waals surface area contributed by atoms with Gasteiger partial charge < -0.3 is 20.5 Å². The number of nitrogens with zero attached hydrogens (tertiary/aromatic N) is 1. The predicted octanol–water partition coefficient (Wildman–Crippen LogP) is 3.93. The summed E-state index contributed by atoms with van der Waals surface area (Å²) in [5, 5.41) is 7.63. The first-order valence-corrected chi connectivity index (χ1v) is 10.2. The molecule has 28 heavy (non-hydrogen) atoms. The molecular formula is C23H28N4O. The van der Waals surface area contributed by atoms with E-state index in [9.17, 15) is 4.79 Å². The van der Waals surface area contributed by atoms with E-state index >= 15 is 0 Å². The molecule has 3 N–H and O–H groups in total. The lowest BCUT2D eigenvalue weighted by Gasteiger charge is -2.17. The molecule has 1 aliphatic rings. The van der Waals surface area contributed by atoms with Crippen LogP contribution in [0.5, 0.6) is 0 Å². The second-order valence-electron chi connectivity index (χ2n) is 7.40. The quantitative estimate of drug-likeness (QED) is 0.522. The summed E-state index contributed by atoms with van der Waals surface area (Å²) in [5.74, 6) is 0.0496. The fourth-order valence-electron chi connectivity index (χ4n) is 3.84. The summed E-state index contributed by atoms with van der Waals surface area (Å²) in [6.07, 6.45) is 6.04. The van der Waals surface area contributed by atoms with Gasteiger partial charge in [0.1, 0.15) is 0 Å². The van der Waals surface area contributed by atoms with Crippen molar-refractivity contribution in [2.45, 2.75) is 25.7 Å². The average Bonchev–Trinajstić information content (AvgIpc) is 3.39. The number of anilines is 2. The fraction of sp³-hybridized carbons (Fsp3) is 0.348. The van der Waals surface area contributed by atoms with Gasteiger partial charge in [-0.05, 0) is 61.7 Å². The monoisotopic (exact) mass is 376 g/mol. The van der Waals surface area contributed by atoms with E-state index in [1.165, 1.54) is 35.0 Å². The third-order valence-corrected chi connectivity index (χ3v) is 5.40. The number of para-hydroxylation sites is 1. The second-order valence-corrected chi connectivity index (χ2v) is 7.40. The van der Waals surface area contributed by atoms with Crippen LogP contribution in [0.2, 0.25) is 0 Å². The van der Waals surface area contributed by atoms with Gasteiger partial charge in [0.25, 0.3) is 0 Å². The van der Waals surface area contributed by atoms with Crippen LogP contribution in [0.4, 0.5) is 11.4 Å². The zero-order valence-electron chi connectivity index (χ0n) is 16.2. The van der Waals surface area contributed by atoms with E-state index in [1.54, 1.807) is 0 Å².